The molecule has 0 aromatic heterocycles. The van der Waals surface area contributed by atoms with Gasteiger partial charge in [-0.1, -0.05) is 73.1 Å². The van der Waals surface area contributed by atoms with Crippen molar-refractivity contribution in [3.8, 4) is 0 Å². The smallest absolute Gasteiger partial charge is 0.242 e. The van der Waals surface area contributed by atoms with E-state index in [0.717, 1.165) is 15.6 Å². The van der Waals surface area contributed by atoms with E-state index in [-0.39, 0.29) is 22.8 Å². The number of halogens is 1. The molecule has 1 atom stereocenters. The molecule has 2 amide bonds. The lowest BCUT2D eigenvalue weighted by Crippen LogP contribution is -2.52. The molecule has 2 aromatic carbocycles. The van der Waals surface area contributed by atoms with E-state index in [1.54, 1.807) is 11.8 Å². The van der Waals surface area contributed by atoms with Crippen molar-refractivity contribution in [1.82, 2.24) is 10.2 Å². The Labute approximate surface area is 201 Å². The maximum absolute atomic E-state index is 13.3. The summed E-state index contributed by atoms with van der Waals surface area (Å²) in [7, 11) is 0. The zero-order chi connectivity index (χ0) is 24.1. The van der Waals surface area contributed by atoms with Gasteiger partial charge in [0.25, 0.3) is 0 Å². The van der Waals surface area contributed by atoms with Crippen LogP contribution in [-0.4, -0.2) is 28.3 Å². The van der Waals surface area contributed by atoms with Crippen LogP contribution in [0.3, 0.4) is 0 Å². The summed E-state index contributed by atoms with van der Waals surface area (Å²) < 4.78 is 0.952. The molecular formula is C27H37BrN2O2. The minimum absolute atomic E-state index is 0.0265. The van der Waals surface area contributed by atoms with Crippen LogP contribution in [0.1, 0.15) is 71.6 Å². The standard InChI is InChI=1S/C27H37BrN2O2/c1-19(25(32)29-27(5,6)7)30(18-21-9-8-10-23(28)17-21)24(31)16-13-20-11-14-22(15-12-20)26(2,3)4/h8-12,14-15,17,19H,13,16,18H2,1-7H3,(H,29,32). The summed E-state index contributed by atoms with van der Waals surface area (Å²) >= 11 is 3.49. The molecule has 2 aromatic rings. The molecule has 0 radical (unpaired) electrons. The van der Waals surface area contributed by atoms with Crippen molar-refractivity contribution in [3.05, 3.63) is 69.7 Å². The predicted octanol–water partition coefficient (Wildman–Crippen LogP) is 6.01. The Morgan fingerprint density at radius 3 is 2.12 bits per heavy atom. The topological polar surface area (TPSA) is 49.4 Å². The van der Waals surface area contributed by atoms with Crippen LogP contribution in [0.5, 0.6) is 0 Å². The van der Waals surface area contributed by atoms with E-state index in [0.29, 0.717) is 19.4 Å². The zero-order valence-corrected chi connectivity index (χ0v) is 22.0. The van der Waals surface area contributed by atoms with E-state index in [9.17, 15) is 9.59 Å². The first-order chi connectivity index (χ1) is 14.8. The third-order valence-electron chi connectivity index (χ3n) is 5.35. The first-order valence-electron chi connectivity index (χ1n) is 11.2. The molecule has 5 heteroatoms. The minimum Gasteiger partial charge on any atom is -0.350 e. The average Bonchev–Trinajstić information content (AvgIpc) is 2.68. The Morgan fingerprint density at radius 2 is 1.59 bits per heavy atom. The molecule has 32 heavy (non-hydrogen) atoms. The molecule has 0 heterocycles. The molecule has 0 spiro atoms. The second kappa shape index (κ2) is 10.7. The largest absolute Gasteiger partial charge is 0.350 e. The lowest BCUT2D eigenvalue weighted by atomic mass is 9.86. The highest BCUT2D eigenvalue weighted by Gasteiger charge is 2.28. The van der Waals surface area contributed by atoms with Gasteiger partial charge in [0.05, 0.1) is 0 Å². The van der Waals surface area contributed by atoms with E-state index >= 15 is 0 Å². The van der Waals surface area contributed by atoms with Gasteiger partial charge in [0.15, 0.2) is 0 Å². The summed E-state index contributed by atoms with van der Waals surface area (Å²) in [4.78, 5) is 27.8. The maximum atomic E-state index is 13.3. The first-order valence-corrected chi connectivity index (χ1v) is 12.0. The molecular weight excluding hydrogens is 464 g/mol. The van der Waals surface area contributed by atoms with E-state index in [4.69, 9.17) is 0 Å². The normalized spacial score (nSPS) is 12.9. The van der Waals surface area contributed by atoms with Gasteiger partial charge in [-0.3, -0.25) is 9.59 Å². The summed E-state index contributed by atoms with van der Waals surface area (Å²) in [6, 6.07) is 15.8. The minimum atomic E-state index is -0.566. The third kappa shape index (κ3) is 8.09. The van der Waals surface area contributed by atoms with Gasteiger partial charge in [0.1, 0.15) is 6.04 Å². The van der Waals surface area contributed by atoms with Gasteiger partial charge in [-0.25, -0.2) is 0 Å². The molecule has 0 saturated heterocycles. The van der Waals surface area contributed by atoms with Gasteiger partial charge in [0, 0.05) is 23.0 Å². The van der Waals surface area contributed by atoms with Crippen LogP contribution < -0.4 is 5.32 Å². The van der Waals surface area contributed by atoms with Crippen molar-refractivity contribution in [2.45, 2.75) is 84.8 Å². The summed E-state index contributed by atoms with van der Waals surface area (Å²) in [5, 5.41) is 3.00. The molecule has 1 N–H and O–H groups in total. The van der Waals surface area contributed by atoms with E-state index in [2.05, 4.69) is 66.3 Å². The number of nitrogens with one attached hydrogen (secondary N) is 1. The average molecular weight is 502 g/mol. The van der Waals surface area contributed by atoms with Crippen LogP contribution in [-0.2, 0) is 28.0 Å². The number of amides is 2. The number of rotatable bonds is 7. The fourth-order valence-electron chi connectivity index (χ4n) is 3.45. The fraction of sp³-hybridized carbons (Fsp3) is 0.481. The molecule has 174 valence electrons. The van der Waals surface area contributed by atoms with Crippen LogP contribution in [0.25, 0.3) is 0 Å². The van der Waals surface area contributed by atoms with Crippen LogP contribution in [0, 0.1) is 0 Å². The number of hydrogen-bond acceptors (Lipinski definition) is 2. The molecule has 0 fully saturated rings. The Balaban J connectivity index is 2.16. The lowest BCUT2D eigenvalue weighted by molar-refractivity contribution is -0.141. The lowest BCUT2D eigenvalue weighted by Gasteiger charge is -2.31. The quantitative estimate of drug-likeness (QED) is 0.505. The Hall–Kier alpha value is -2.14. The number of benzene rings is 2. The SMILES string of the molecule is CC(C(=O)NC(C)(C)C)N(Cc1cccc(Br)c1)C(=O)CCc1ccc(C(C)(C)C)cc1. The highest BCUT2D eigenvalue weighted by Crippen LogP contribution is 2.23. The van der Waals surface area contributed by atoms with Crippen LogP contribution >= 0.6 is 15.9 Å². The molecule has 0 saturated carbocycles. The number of hydrogen-bond donors (Lipinski definition) is 1. The van der Waals surface area contributed by atoms with E-state index in [1.165, 1.54) is 5.56 Å². The van der Waals surface area contributed by atoms with Crippen molar-refractivity contribution < 1.29 is 9.59 Å². The molecule has 0 aliphatic heterocycles. The van der Waals surface area contributed by atoms with Gasteiger partial charge in [0.2, 0.25) is 11.8 Å². The number of carbonyl (C=O) groups excluding carboxylic acids is 2. The number of nitrogens with zero attached hydrogens (tertiary/aromatic N) is 1. The highest BCUT2D eigenvalue weighted by molar-refractivity contribution is 9.10. The van der Waals surface area contributed by atoms with Crippen LogP contribution in [0.2, 0.25) is 0 Å². The van der Waals surface area contributed by atoms with Crippen molar-refractivity contribution in [1.29, 1.82) is 0 Å². The van der Waals surface area contributed by atoms with Gasteiger partial charge >= 0.3 is 0 Å². The van der Waals surface area contributed by atoms with Gasteiger partial charge in [-0.2, -0.15) is 0 Å². The predicted molar refractivity (Wildman–Crippen MR) is 136 cm³/mol. The fourth-order valence-corrected chi connectivity index (χ4v) is 3.90. The van der Waals surface area contributed by atoms with Crippen molar-refractivity contribution in [2.24, 2.45) is 0 Å². The van der Waals surface area contributed by atoms with Gasteiger partial charge in [-0.05, 0) is 68.4 Å². The first kappa shape index (κ1) is 26.1. The summed E-state index contributed by atoms with van der Waals surface area (Å²) in [5.41, 5.74) is 3.13. The zero-order valence-electron chi connectivity index (χ0n) is 20.5. The van der Waals surface area contributed by atoms with Crippen molar-refractivity contribution in [2.75, 3.05) is 0 Å². The summed E-state index contributed by atoms with van der Waals surface area (Å²) in [5.74, 6) is -0.170. The number of aryl methyl sites for hydroxylation is 1. The summed E-state index contributed by atoms with van der Waals surface area (Å²) in [6.07, 6.45) is 1.00. The van der Waals surface area contributed by atoms with Gasteiger partial charge < -0.3 is 10.2 Å². The number of carbonyl (C=O) groups is 2. The van der Waals surface area contributed by atoms with Crippen LogP contribution in [0.15, 0.2) is 53.0 Å². The van der Waals surface area contributed by atoms with Crippen molar-refractivity contribution >= 4 is 27.7 Å². The highest BCUT2D eigenvalue weighted by atomic mass is 79.9. The van der Waals surface area contributed by atoms with Gasteiger partial charge in [-0.15, -0.1) is 0 Å². The Kier molecular flexibility index (Phi) is 8.69. The molecule has 2 rings (SSSR count). The molecule has 0 aliphatic rings. The maximum Gasteiger partial charge on any atom is 0.242 e. The summed E-state index contributed by atoms with van der Waals surface area (Å²) in [6.45, 7) is 14.6. The molecule has 0 bridgehead atoms. The molecule has 1 unspecified atom stereocenters. The van der Waals surface area contributed by atoms with Crippen molar-refractivity contribution in [3.63, 3.8) is 0 Å². The van der Waals surface area contributed by atoms with Crippen LogP contribution in [0.4, 0.5) is 0 Å². The molecule has 4 nitrogen and oxygen atoms in total. The van der Waals surface area contributed by atoms with E-state index in [1.807, 2.05) is 45.0 Å². The Morgan fingerprint density at radius 1 is 0.969 bits per heavy atom. The monoisotopic (exact) mass is 500 g/mol. The second-order valence-electron chi connectivity index (χ2n) is 10.5. The molecule has 0 aliphatic carbocycles. The van der Waals surface area contributed by atoms with E-state index < -0.39 is 6.04 Å². The Bertz CT molecular complexity index is 924. The second-order valence-corrected chi connectivity index (χ2v) is 11.4. The third-order valence-corrected chi connectivity index (χ3v) is 5.85.